The van der Waals surface area contributed by atoms with Crippen LogP contribution in [0.5, 0.6) is 5.75 Å². The van der Waals surface area contributed by atoms with E-state index in [1.807, 2.05) is 0 Å². The number of rotatable bonds is 0. The normalized spacial score (nSPS) is 9.70. The first kappa shape index (κ1) is 6.88. The van der Waals surface area contributed by atoms with E-state index in [1.165, 1.54) is 0 Å². The Morgan fingerprint density at radius 3 is 2.80 bits per heavy atom. The lowest BCUT2D eigenvalue weighted by atomic mass is 10.5. The van der Waals surface area contributed by atoms with Gasteiger partial charge in [0.15, 0.2) is 10.8 Å². The van der Waals surface area contributed by atoms with Gasteiger partial charge in [-0.1, -0.05) is 16.4 Å². The van der Waals surface area contributed by atoms with Crippen LogP contribution in [-0.2, 0) is 0 Å². The highest BCUT2D eigenvalue weighted by Gasteiger charge is 2.05. The van der Waals surface area contributed by atoms with Crippen LogP contribution < -0.4 is 5.56 Å². The van der Waals surface area contributed by atoms with Gasteiger partial charge in [-0.2, -0.15) is 0 Å². The summed E-state index contributed by atoms with van der Waals surface area (Å²) in [5, 5.41) is 19.8. The molecule has 0 aliphatic heterocycles. The molecular formula is C4H3ClN2O3. The molecule has 2 N–H and O–H groups in total. The van der Waals surface area contributed by atoms with E-state index in [9.17, 15) is 4.79 Å². The second kappa shape index (κ2) is 2.18. The molecule has 0 atom stereocenters. The average Bonchev–Trinajstić information content (AvgIpc) is 1.93. The highest BCUT2D eigenvalue weighted by Crippen LogP contribution is 2.14. The van der Waals surface area contributed by atoms with E-state index in [1.54, 1.807) is 0 Å². The van der Waals surface area contributed by atoms with Crippen LogP contribution in [0.2, 0.25) is 5.02 Å². The van der Waals surface area contributed by atoms with Crippen molar-refractivity contribution in [2.45, 2.75) is 0 Å². The zero-order valence-electron chi connectivity index (χ0n) is 4.65. The number of nitrogens with zero attached hydrogens (tertiary/aromatic N) is 2. The van der Waals surface area contributed by atoms with Crippen molar-refractivity contribution in [1.82, 2.24) is 9.94 Å². The molecule has 1 aromatic heterocycles. The number of aromatic nitrogens is 2. The fraction of sp³-hybridized carbons (Fsp3) is 0. The molecule has 0 fully saturated rings. The van der Waals surface area contributed by atoms with E-state index >= 15 is 0 Å². The zero-order chi connectivity index (χ0) is 7.72. The maximum absolute atomic E-state index is 10.5. The molecule has 10 heavy (non-hydrogen) atoms. The first-order valence-corrected chi connectivity index (χ1v) is 2.67. The summed E-state index contributed by atoms with van der Waals surface area (Å²) in [6.45, 7) is 0. The fourth-order valence-electron chi connectivity index (χ4n) is 0.416. The Morgan fingerprint density at radius 1 is 1.70 bits per heavy atom. The molecule has 1 aromatic rings. The highest BCUT2D eigenvalue weighted by atomic mass is 35.5. The Kier molecular flexibility index (Phi) is 1.50. The van der Waals surface area contributed by atoms with Gasteiger partial charge in [-0.05, 0) is 0 Å². The molecule has 0 saturated carbocycles. The number of halogens is 1. The van der Waals surface area contributed by atoms with Gasteiger partial charge in [0.05, 0.1) is 6.20 Å². The minimum atomic E-state index is -0.943. The molecular weight excluding hydrogens is 160 g/mol. The summed E-state index contributed by atoms with van der Waals surface area (Å²) in [7, 11) is 0. The van der Waals surface area contributed by atoms with Gasteiger partial charge in [-0.3, -0.25) is 4.79 Å². The second-order valence-corrected chi connectivity index (χ2v) is 1.92. The Morgan fingerprint density at radius 2 is 2.30 bits per heavy atom. The van der Waals surface area contributed by atoms with Gasteiger partial charge in [0.2, 0.25) is 0 Å². The van der Waals surface area contributed by atoms with Crippen molar-refractivity contribution >= 4 is 11.6 Å². The first-order chi connectivity index (χ1) is 4.63. The van der Waals surface area contributed by atoms with E-state index in [4.69, 9.17) is 21.9 Å². The molecule has 54 valence electrons. The molecule has 0 aliphatic carbocycles. The summed E-state index contributed by atoms with van der Waals surface area (Å²) >= 11 is 5.20. The molecule has 0 saturated heterocycles. The standard InChI is InChI=1S/C4H3ClN2O3/c5-3-2(8)1-6-7(10)4(3)9/h1,8,10H. The van der Waals surface area contributed by atoms with E-state index < -0.39 is 16.3 Å². The van der Waals surface area contributed by atoms with Gasteiger partial charge in [0.1, 0.15) is 0 Å². The monoisotopic (exact) mass is 162 g/mol. The average molecular weight is 163 g/mol. The quantitative estimate of drug-likeness (QED) is 0.520. The lowest BCUT2D eigenvalue weighted by molar-refractivity contribution is 0.133. The van der Waals surface area contributed by atoms with Gasteiger partial charge in [0.25, 0.3) is 0 Å². The molecule has 0 radical (unpaired) electrons. The third-order valence-electron chi connectivity index (χ3n) is 0.884. The Hall–Kier alpha value is -1.23. The molecule has 0 spiro atoms. The van der Waals surface area contributed by atoms with Crippen LogP contribution in [0.4, 0.5) is 0 Å². The van der Waals surface area contributed by atoms with Crippen LogP contribution in [0.25, 0.3) is 0 Å². The molecule has 1 rings (SSSR count). The topological polar surface area (TPSA) is 75.3 Å². The van der Waals surface area contributed by atoms with E-state index in [0.29, 0.717) is 0 Å². The molecule has 0 aromatic carbocycles. The maximum atomic E-state index is 10.5. The molecule has 0 amide bonds. The summed E-state index contributed by atoms with van der Waals surface area (Å²) in [6.07, 6.45) is 0.865. The van der Waals surface area contributed by atoms with Gasteiger partial charge in [-0.15, -0.1) is 5.10 Å². The lowest BCUT2D eigenvalue weighted by Gasteiger charge is -1.94. The van der Waals surface area contributed by atoms with Crippen molar-refractivity contribution in [3.8, 4) is 5.75 Å². The second-order valence-electron chi connectivity index (χ2n) is 1.54. The predicted octanol–water partition coefficient (Wildman–Crippen LogP) is -0.160. The van der Waals surface area contributed by atoms with Crippen LogP contribution in [-0.4, -0.2) is 20.3 Å². The number of hydrogen-bond acceptors (Lipinski definition) is 4. The summed E-state index contributed by atoms with van der Waals surface area (Å²) < 4.78 is 0. The van der Waals surface area contributed by atoms with Crippen molar-refractivity contribution in [3.05, 3.63) is 21.6 Å². The van der Waals surface area contributed by atoms with Gasteiger partial charge < -0.3 is 10.3 Å². The molecule has 1 heterocycles. The third kappa shape index (κ3) is 0.906. The van der Waals surface area contributed by atoms with Crippen LogP contribution in [0, 0.1) is 0 Å². The minimum Gasteiger partial charge on any atom is -0.505 e. The van der Waals surface area contributed by atoms with Crippen molar-refractivity contribution in [1.29, 1.82) is 0 Å². The predicted molar refractivity (Wildman–Crippen MR) is 32.4 cm³/mol. The maximum Gasteiger partial charge on any atom is 0.325 e. The van der Waals surface area contributed by atoms with E-state index in [-0.39, 0.29) is 4.85 Å². The van der Waals surface area contributed by atoms with Gasteiger partial charge in [-0.25, -0.2) is 0 Å². The third-order valence-corrected chi connectivity index (χ3v) is 1.24. The van der Waals surface area contributed by atoms with Gasteiger partial charge >= 0.3 is 5.56 Å². The lowest BCUT2D eigenvalue weighted by Crippen LogP contribution is -2.19. The summed E-state index contributed by atoms with van der Waals surface area (Å²) in [6, 6.07) is 0. The Balaban J connectivity index is 3.50. The van der Waals surface area contributed by atoms with Crippen LogP contribution in [0.15, 0.2) is 11.0 Å². The molecule has 0 aliphatic rings. The van der Waals surface area contributed by atoms with Crippen molar-refractivity contribution in [2.24, 2.45) is 0 Å². The minimum absolute atomic E-state index is 0.0437. The summed E-state index contributed by atoms with van der Waals surface area (Å²) in [5.74, 6) is -0.447. The van der Waals surface area contributed by atoms with Crippen molar-refractivity contribution in [3.63, 3.8) is 0 Å². The first-order valence-electron chi connectivity index (χ1n) is 2.29. The molecule has 6 heteroatoms. The Labute approximate surface area is 60.1 Å². The largest absolute Gasteiger partial charge is 0.505 e. The van der Waals surface area contributed by atoms with Crippen LogP contribution in [0.3, 0.4) is 0 Å². The van der Waals surface area contributed by atoms with Crippen molar-refractivity contribution < 1.29 is 10.3 Å². The molecule has 5 nitrogen and oxygen atoms in total. The molecule has 0 bridgehead atoms. The van der Waals surface area contributed by atoms with Gasteiger partial charge in [0, 0.05) is 0 Å². The van der Waals surface area contributed by atoms with Crippen LogP contribution in [0.1, 0.15) is 0 Å². The van der Waals surface area contributed by atoms with Crippen molar-refractivity contribution in [2.75, 3.05) is 0 Å². The number of hydrogen-bond donors (Lipinski definition) is 2. The summed E-state index contributed by atoms with van der Waals surface area (Å²) in [5.41, 5.74) is -0.943. The smallest absolute Gasteiger partial charge is 0.325 e. The molecule has 0 unspecified atom stereocenters. The Bertz CT molecular complexity index is 308. The summed E-state index contributed by atoms with van der Waals surface area (Å²) in [4.78, 5) is 10.6. The number of aromatic hydroxyl groups is 1. The zero-order valence-corrected chi connectivity index (χ0v) is 5.41. The van der Waals surface area contributed by atoms with E-state index in [0.717, 1.165) is 6.20 Å². The SMILES string of the molecule is O=c1c(Cl)c(O)cnn1O. The van der Waals surface area contributed by atoms with E-state index in [2.05, 4.69) is 5.10 Å². The van der Waals surface area contributed by atoms with Crippen LogP contribution >= 0.6 is 11.6 Å². The fourth-order valence-corrected chi connectivity index (χ4v) is 0.540. The highest BCUT2D eigenvalue weighted by molar-refractivity contribution is 6.31.